The first-order valence-corrected chi connectivity index (χ1v) is 11.3. The molecule has 0 radical (unpaired) electrons. The first kappa shape index (κ1) is 22.9. The minimum atomic E-state index is -0.328. The van der Waals surface area contributed by atoms with E-state index >= 15 is 0 Å². The number of ether oxygens (including phenoxy) is 1. The van der Waals surface area contributed by atoms with Crippen LogP contribution in [0.4, 0.5) is 0 Å². The fourth-order valence-corrected chi connectivity index (χ4v) is 3.58. The van der Waals surface area contributed by atoms with E-state index in [-0.39, 0.29) is 11.3 Å². The second-order valence-corrected chi connectivity index (χ2v) is 9.10. The average Bonchev–Trinajstić information content (AvgIpc) is 3.08. The van der Waals surface area contributed by atoms with Crippen molar-refractivity contribution >= 4 is 16.9 Å². The topological polar surface area (TPSA) is 56.1 Å². The molecule has 2 aromatic carbocycles. The first-order valence-electron chi connectivity index (χ1n) is 11.3. The van der Waals surface area contributed by atoms with Gasteiger partial charge in [0.05, 0.1) is 17.6 Å². The molecular formula is C26H35N3O2. The van der Waals surface area contributed by atoms with Crippen molar-refractivity contribution in [2.45, 2.75) is 59.9 Å². The normalized spacial score (nSPS) is 11.6. The lowest BCUT2D eigenvalue weighted by Crippen LogP contribution is -2.35. The highest BCUT2D eigenvalue weighted by atomic mass is 16.5. The maximum atomic E-state index is 12.0. The molecule has 166 valence electrons. The number of para-hydroxylation sites is 3. The van der Waals surface area contributed by atoms with Crippen molar-refractivity contribution in [3.05, 3.63) is 59.9 Å². The van der Waals surface area contributed by atoms with Crippen LogP contribution < -0.4 is 10.1 Å². The van der Waals surface area contributed by atoms with Gasteiger partial charge in [-0.25, -0.2) is 4.98 Å². The highest BCUT2D eigenvalue weighted by Crippen LogP contribution is 2.20. The van der Waals surface area contributed by atoms with E-state index in [4.69, 9.17) is 9.72 Å². The Bertz CT molecular complexity index is 1000. The maximum Gasteiger partial charge on any atom is 0.225 e. The highest BCUT2D eigenvalue weighted by Gasteiger charge is 2.20. The Morgan fingerprint density at radius 3 is 2.55 bits per heavy atom. The second kappa shape index (κ2) is 10.5. The van der Waals surface area contributed by atoms with Crippen LogP contribution in [0.3, 0.4) is 0 Å². The Morgan fingerprint density at radius 1 is 1.03 bits per heavy atom. The summed E-state index contributed by atoms with van der Waals surface area (Å²) in [6, 6.07) is 16.4. The molecule has 0 aliphatic heterocycles. The number of nitrogens with one attached hydrogen (secondary N) is 1. The standard InChI is InChI=1S/C26H35N3O2/c1-20-12-7-10-15-23(20)31-19-18-29-22-14-9-8-13-21(22)28-24(29)16-6-5-11-17-27-25(30)26(2,3)4/h7-10,12-15H,5-6,11,16-19H2,1-4H3,(H,27,30). The lowest BCUT2D eigenvalue weighted by molar-refractivity contribution is -0.128. The van der Waals surface area contributed by atoms with Crippen LogP contribution >= 0.6 is 0 Å². The second-order valence-electron chi connectivity index (χ2n) is 9.10. The van der Waals surface area contributed by atoms with Crippen molar-refractivity contribution in [2.75, 3.05) is 13.2 Å². The molecule has 0 bridgehead atoms. The fraction of sp³-hybridized carbons (Fsp3) is 0.462. The summed E-state index contributed by atoms with van der Waals surface area (Å²) in [5.41, 5.74) is 3.01. The summed E-state index contributed by atoms with van der Waals surface area (Å²) in [7, 11) is 0. The monoisotopic (exact) mass is 421 g/mol. The SMILES string of the molecule is Cc1ccccc1OCCn1c(CCCCCNC(=O)C(C)(C)C)nc2ccccc21. The maximum absolute atomic E-state index is 12.0. The quantitative estimate of drug-likeness (QED) is 0.452. The summed E-state index contributed by atoms with van der Waals surface area (Å²) in [6.07, 6.45) is 4.02. The minimum Gasteiger partial charge on any atom is -0.491 e. The van der Waals surface area contributed by atoms with E-state index in [9.17, 15) is 4.79 Å². The molecule has 0 saturated heterocycles. The van der Waals surface area contributed by atoms with E-state index in [0.29, 0.717) is 6.61 Å². The zero-order valence-electron chi connectivity index (χ0n) is 19.3. The van der Waals surface area contributed by atoms with Crippen LogP contribution in [0.1, 0.15) is 51.4 Å². The number of aryl methyl sites for hydroxylation is 2. The zero-order chi connectivity index (χ0) is 22.3. The number of aromatic nitrogens is 2. The Hall–Kier alpha value is -2.82. The van der Waals surface area contributed by atoms with Crippen molar-refractivity contribution in [2.24, 2.45) is 5.41 Å². The summed E-state index contributed by atoms with van der Waals surface area (Å²) in [6.45, 7) is 10.00. The van der Waals surface area contributed by atoms with Gasteiger partial charge in [-0.15, -0.1) is 0 Å². The third-order valence-electron chi connectivity index (χ3n) is 5.44. The Labute approximate surface area is 185 Å². The molecule has 0 aliphatic rings. The van der Waals surface area contributed by atoms with Gasteiger partial charge >= 0.3 is 0 Å². The molecule has 0 saturated carbocycles. The smallest absolute Gasteiger partial charge is 0.225 e. The Morgan fingerprint density at radius 2 is 1.77 bits per heavy atom. The summed E-state index contributed by atoms with van der Waals surface area (Å²) in [5, 5.41) is 3.03. The molecule has 3 rings (SSSR count). The number of hydrogen-bond donors (Lipinski definition) is 1. The average molecular weight is 422 g/mol. The van der Waals surface area contributed by atoms with Gasteiger partial charge in [0.2, 0.25) is 5.91 Å². The van der Waals surface area contributed by atoms with Crippen LogP contribution in [-0.2, 0) is 17.8 Å². The minimum absolute atomic E-state index is 0.114. The molecule has 1 amide bonds. The molecule has 1 aromatic heterocycles. The largest absolute Gasteiger partial charge is 0.491 e. The van der Waals surface area contributed by atoms with Gasteiger partial charge in [0.25, 0.3) is 0 Å². The molecule has 0 aliphatic carbocycles. The predicted octanol–water partition coefficient (Wildman–Crippen LogP) is 5.30. The van der Waals surface area contributed by atoms with Crippen LogP contribution in [0.25, 0.3) is 11.0 Å². The molecule has 5 heteroatoms. The van der Waals surface area contributed by atoms with Crippen molar-refractivity contribution < 1.29 is 9.53 Å². The van der Waals surface area contributed by atoms with Gasteiger partial charge in [-0.1, -0.05) is 57.5 Å². The van der Waals surface area contributed by atoms with Crippen LogP contribution in [0.5, 0.6) is 5.75 Å². The molecule has 3 aromatic rings. The number of hydrogen-bond acceptors (Lipinski definition) is 3. The van der Waals surface area contributed by atoms with Crippen LogP contribution in [0, 0.1) is 12.3 Å². The third-order valence-corrected chi connectivity index (χ3v) is 5.44. The lowest BCUT2D eigenvalue weighted by atomic mass is 9.96. The Kier molecular flexibility index (Phi) is 7.72. The Balaban J connectivity index is 1.54. The van der Waals surface area contributed by atoms with E-state index in [1.165, 1.54) is 0 Å². The van der Waals surface area contributed by atoms with Gasteiger partial charge in [0.15, 0.2) is 0 Å². The van der Waals surface area contributed by atoms with Crippen LogP contribution in [0.15, 0.2) is 48.5 Å². The fourth-order valence-electron chi connectivity index (χ4n) is 3.58. The molecule has 0 fully saturated rings. The van der Waals surface area contributed by atoms with Crippen LogP contribution in [0.2, 0.25) is 0 Å². The molecule has 0 spiro atoms. The van der Waals surface area contributed by atoms with Gasteiger partial charge in [-0.05, 0) is 43.5 Å². The van der Waals surface area contributed by atoms with Crippen molar-refractivity contribution in [1.82, 2.24) is 14.9 Å². The summed E-state index contributed by atoms with van der Waals surface area (Å²) in [5.74, 6) is 2.15. The van der Waals surface area contributed by atoms with Gasteiger partial charge in [0, 0.05) is 18.4 Å². The molecule has 0 unspecified atom stereocenters. The van der Waals surface area contributed by atoms with Gasteiger partial charge in [-0.3, -0.25) is 4.79 Å². The molecule has 0 atom stereocenters. The van der Waals surface area contributed by atoms with E-state index in [2.05, 4.69) is 41.1 Å². The summed E-state index contributed by atoms with van der Waals surface area (Å²) >= 11 is 0. The predicted molar refractivity (Wildman–Crippen MR) is 126 cm³/mol. The van der Waals surface area contributed by atoms with E-state index < -0.39 is 0 Å². The number of amides is 1. The zero-order valence-corrected chi connectivity index (χ0v) is 19.3. The van der Waals surface area contributed by atoms with E-state index in [1.807, 2.05) is 45.0 Å². The van der Waals surface area contributed by atoms with Crippen LogP contribution in [-0.4, -0.2) is 28.6 Å². The number of rotatable bonds is 10. The number of carbonyl (C=O) groups excluding carboxylic acids is 1. The molecule has 1 N–H and O–H groups in total. The van der Waals surface area contributed by atoms with Gasteiger partial charge in [0.1, 0.15) is 18.2 Å². The number of nitrogens with zero attached hydrogens (tertiary/aromatic N) is 2. The summed E-state index contributed by atoms with van der Waals surface area (Å²) in [4.78, 5) is 16.8. The van der Waals surface area contributed by atoms with Gasteiger partial charge < -0.3 is 14.6 Å². The van der Waals surface area contributed by atoms with Crippen molar-refractivity contribution in [3.63, 3.8) is 0 Å². The van der Waals surface area contributed by atoms with Crippen molar-refractivity contribution in [1.29, 1.82) is 0 Å². The highest BCUT2D eigenvalue weighted by molar-refractivity contribution is 5.81. The third kappa shape index (κ3) is 6.33. The lowest BCUT2D eigenvalue weighted by Gasteiger charge is -2.17. The first-order chi connectivity index (χ1) is 14.9. The number of benzene rings is 2. The molecular weight excluding hydrogens is 386 g/mol. The number of fused-ring (bicyclic) bond motifs is 1. The number of imidazole rings is 1. The molecule has 31 heavy (non-hydrogen) atoms. The molecule has 1 heterocycles. The summed E-state index contributed by atoms with van der Waals surface area (Å²) < 4.78 is 8.32. The van der Waals surface area contributed by atoms with Gasteiger partial charge in [-0.2, -0.15) is 0 Å². The van der Waals surface area contributed by atoms with Crippen molar-refractivity contribution in [3.8, 4) is 5.75 Å². The number of unbranched alkanes of at least 4 members (excludes halogenated alkanes) is 2. The van der Waals surface area contributed by atoms with E-state index in [0.717, 1.165) is 66.9 Å². The molecule has 5 nitrogen and oxygen atoms in total. The number of carbonyl (C=O) groups is 1. The van der Waals surface area contributed by atoms with E-state index in [1.54, 1.807) is 0 Å².